The summed E-state index contributed by atoms with van der Waals surface area (Å²) in [6.45, 7) is 0.775. The Morgan fingerprint density at radius 2 is 2.06 bits per heavy atom. The molecule has 1 nitrogen and oxygen atoms in total. The molecule has 1 N–H and O–H groups in total. The Bertz CT molecular complexity index is 339. The Hall–Kier alpha value is -0.680. The number of hydrogen-bond donors (Lipinski definition) is 1. The molecular weight excluding hydrogens is 247 g/mol. The number of rotatable bonds is 6. The van der Waals surface area contributed by atoms with Gasteiger partial charge in [-0.25, -0.2) is 0 Å². The van der Waals surface area contributed by atoms with Crippen LogP contribution in [-0.4, -0.2) is 19.0 Å². The van der Waals surface area contributed by atoms with E-state index in [0.29, 0.717) is 5.75 Å². The molecule has 0 heterocycles. The first kappa shape index (κ1) is 14.4. The van der Waals surface area contributed by atoms with Gasteiger partial charge >= 0.3 is 6.18 Å². The number of benzene rings is 1. The number of hydrogen-bond acceptors (Lipinski definition) is 2. The fourth-order valence-electron chi connectivity index (χ4n) is 1.41. The highest BCUT2D eigenvalue weighted by Gasteiger charge is 2.25. The van der Waals surface area contributed by atoms with Crippen LogP contribution in [0.5, 0.6) is 0 Å². The second kappa shape index (κ2) is 6.91. The molecule has 0 bridgehead atoms. The highest BCUT2D eigenvalue weighted by Crippen LogP contribution is 2.25. The third-order valence-electron chi connectivity index (χ3n) is 2.15. The molecule has 0 aliphatic heterocycles. The maximum absolute atomic E-state index is 11.9. The number of nitrogens with one attached hydrogen (secondary N) is 1. The van der Waals surface area contributed by atoms with Crippen molar-refractivity contribution >= 4 is 11.8 Å². The van der Waals surface area contributed by atoms with Gasteiger partial charge < -0.3 is 5.32 Å². The van der Waals surface area contributed by atoms with E-state index in [4.69, 9.17) is 0 Å². The Morgan fingerprint density at radius 1 is 1.29 bits per heavy atom. The monoisotopic (exact) mass is 263 g/mol. The molecule has 1 aromatic rings. The fraction of sp³-hybridized carbons (Fsp3) is 0.500. The van der Waals surface area contributed by atoms with Crippen molar-refractivity contribution in [3.05, 3.63) is 29.8 Å². The third kappa shape index (κ3) is 6.58. The van der Waals surface area contributed by atoms with Gasteiger partial charge in [-0.05, 0) is 36.9 Å². The normalized spacial score (nSPS) is 11.8. The quantitative estimate of drug-likeness (QED) is 0.618. The molecule has 96 valence electrons. The van der Waals surface area contributed by atoms with Crippen molar-refractivity contribution in [1.29, 1.82) is 0 Å². The predicted molar refractivity (Wildman–Crippen MR) is 65.2 cm³/mol. The zero-order valence-electron chi connectivity index (χ0n) is 9.68. The lowest BCUT2D eigenvalue weighted by Gasteiger charge is -2.07. The van der Waals surface area contributed by atoms with Crippen LogP contribution >= 0.6 is 11.8 Å². The molecule has 0 aromatic heterocycles. The number of halogens is 3. The minimum absolute atomic E-state index is 0.171. The summed E-state index contributed by atoms with van der Waals surface area (Å²) in [6, 6.07) is 7.86. The second-order valence-electron chi connectivity index (χ2n) is 3.74. The molecule has 1 rings (SSSR count). The molecule has 0 radical (unpaired) electrons. The highest BCUT2D eigenvalue weighted by atomic mass is 32.2. The molecular formula is C12H16F3NS. The molecule has 1 aromatic carbocycles. The molecule has 17 heavy (non-hydrogen) atoms. The van der Waals surface area contributed by atoms with E-state index in [1.165, 1.54) is 11.8 Å². The van der Waals surface area contributed by atoms with Gasteiger partial charge in [0.2, 0.25) is 0 Å². The van der Waals surface area contributed by atoms with Gasteiger partial charge in [0.05, 0.1) is 0 Å². The van der Waals surface area contributed by atoms with Crippen LogP contribution in [0.4, 0.5) is 13.2 Å². The largest absolute Gasteiger partial charge is 0.389 e. The summed E-state index contributed by atoms with van der Waals surface area (Å²) in [5, 5.41) is 3.04. The molecule has 0 atom stereocenters. The molecule has 0 spiro atoms. The molecule has 0 unspecified atom stereocenters. The first-order valence-electron chi connectivity index (χ1n) is 5.44. The Balaban J connectivity index is 2.34. The maximum atomic E-state index is 11.9. The molecule has 5 heteroatoms. The smallest absolute Gasteiger partial charge is 0.316 e. The zero-order chi connectivity index (χ0) is 12.7. The Kier molecular flexibility index (Phi) is 5.85. The van der Waals surface area contributed by atoms with Crippen molar-refractivity contribution in [3.63, 3.8) is 0 Å². The Morgan fingerprint density at radius 3 is 2.71 bits per heavy atom. The summed E-state index contributed by atoms with van der Waals surface area (Å²) >= 11 is 1.47. The van der Waals surface area contributed by atoms with E-state index in [0.717, 1.165) is 17.0 Å². The van der Waals surface area contributed by atoms with Gasteiger partial charge in [-0.2, -0.15) is 13.2 Å². The van der Waals surface area contributed by atoms with Gasteiger partial charge in [-0.15, -0.1) is 11.8 Å². The van der Waals surface area contributed by atoms with Crippen LogP contribution in [0.3, 0.4) is 0 Å². The molecule has 0 amide bonds. The van der Waals surface area contributed by atoms with Crippen LogP contribution in [0.25, 0.3) is 0 Å². The third-order valence-corrected chi connectivity index (χ3v) is 3.23. The van der Waals surface area contributed by atoms with Crippen LogP contribution in [0.1, 0.15) is 18.4 Å². The standard InChI is InChI=1S/C12H16F3NS/c1-16-9-10-4-2-5-11(8-10)17-7-3-6-12(13,14)15/h2,4-5,8,16H,3,6-7,9H2,1H3. The van der Waals surface area contributed by atoms with Gasteiger partial charge in [-0.1, -0.05) is 12.1 Å². The van der Waals surface area contributed by atoms with Gasteiger partial charge in [0.15, 0.2) is 0 Å². The average molecular weight is 263 g/mol. The summed E-state index contributed by atoms with van der Waals surface area (Å²) in [7, 11) is 1.86. The molecule has 0 saturated carbocycles. The Labute approximate surface area is 104 Å². The number of alkyl halides is 3. The zero-order valence-corrected chi connectivity index (χ0v) is 10.5. The van der Waals surface area contributed by atoms with E-state index in [-0.39, 0.29) is 6.42 Å². The molecule has 0 fully saturated rings. The van der Waals surface area contributed by atoms with E-state index in [1.54, 1.807) is 0 Å². The average Bonchev–Trinajstić information content (AvgIpc) is 2.24. The van der Waals surface area contributed by atoms with Crippen molar-refractivity contribution in [2.75, 3.05) is 12.8 Å². The van der Waals surface area contributed by atoms with Crippen LogP contribution in [-0.2, 0) is 6.54 Å². The summed E-state index contributed by atoms with van der Waals surface area (Å²) in [5.74, 6) is 0.502. The van der Waals surface area contributed by atoms with E-state index in [1.807, 2.05) is 31.3 Å². The molecule has 0 saturated heterocycles. The summed E-state index contributed by atoms with van der Waals surface area (Å²) in [5.41, 5.74) is 1.15. The van der Waals surface area contributed by atoms with Crippen LogP contribution in [0, 0.1) is 0 Å². The first-order valence-corrected chi connectivity index (χ1v) is 6.43. The maximum Gasteiger partial charge on any atom is 0.389 e. The lowest BCUT2D eigenvalue weighted by molar-refractivity contribution is -0.134. The first-order chi connectivity index (χ1) is 8.01. The SMILES string of the molecule is CNCc1cccc(SCCCC(F)(F)F)c1. The lowest BCUT2D eigenvalue weighted by Crippen LogP contribution is -2.07. The van der Waals surface area contributed by atoms with Crippen molar-refractivity contribution in [2.24, 2.45) is 0 Å². The summed E-state index contributed by atoms with van der Waals surface area (Å²) in [6.07, 6.45) is -4.56. The molecule has 0 aliphatic rings. The van der Waals surface area contributed by atoms with Gasteiger partial charge in [0, 0.05) is 17.9 Å². The van der Waals surface area contributed by atoms with E-state index < -0.39 is 12.6 Å². The van der Waals surface area contributed by atoms with Gasteiger partial charge in [-0.3, -0.25) is 0 Å². The van der Waals surface area contributed by atoms with Crippen molar-refractivity contribution in [2.45, 2.75) is 30.5 Å². The molecule has 0 aliphatic carbocycles. The van der Waals surface area contributed by atoms with Crippen molar-refractivity contribution < 1.29 is 13.2 Å². The van der Waals surface area contributed by atoms with Gasteiger partial charge in [0.1, 0.15) is 0 Å². The van der Waals surface area contributed by atoms with E-state index in [9.17, 15) is 13.2 Å². The fourth-order valence-corrected chi connectivity index (χ4v) is 2.35. The van der Waals surface area contributed by atoms with Crippen LogP contribution < -0.4 is 5.32 Å². The van der Waals surface area contributed by atoms with Crippen LogP contribution in [0.15, 0.2) is 29.2 Å². The van der Waals surface area contributed by atoms with E-state index >= 15 is 0 Å². The van der Waals surface area contributed by atoms with E-state index in [2.05, 4.69) is 5.32 Å². The lowest BCUT2D eigenvalue weighted by atomic mass is 10.2. The minimum Gasteiger partial charge on any atom is -0.316 e. The van der Waals surface area contributed by atoms with Crippen molar-refractivity contribution in [3.8, 4) is 0 Å². The minimum atomic E-state index is -4.03. The topological polar surface area (TPSA) is 12.0 Å². The van der Waals surface area contributed by atoms with Crippen LogP contribution in [0.2, 0.25) is 0 Å². The van der Waals surface area contributed by atoms with Crippen molar-refractivity contribution in [1.82, 2.24) is 5.32 Å². The summed E-state index contributed by atoms with van der Waals surface area (Å²) < 4.78 is 35.8. The highest BCUT2D eigenvalue weighted by molar-refractivity contribution is 7.99. The second-order valence-corrected chi connectivity index (χ2v) is 4.91. The summed E-state index contributed by atoms with van der Waals surface area (Å²) in [4.78, 5) is 1.03. The van der Waals surface area contributed by atoms with Gasteiger partial charge in [0.25, 0.3) is 0 Å². The number of thioether (sulfide) groups is 1. The predicted octanol–water partition coefficient (Wildman–Crippen LogP) is 3.84.